The molecule has 4 rings (SSSR count). The maximum atomic E-state index is 13.5. The van der Waals surface area contributed by atoms with Crippen molar-refractivity contribution in [1.82, 2.24) is 9.88 Å². The van der Waals surface area contributed by atoms with Crippen LogP contribution in [-0.2, 0) is 6.42 Å². The molecule has 0 N–H and O–H groups in total. The summed E-state index contributed by atoms with van der Waals surface area (Å²) in [5.74, 6) is 1.39. The van der Waals surface area contributed by atoms with E-state index < -0.39 is 0 Å². The van der Waals surface area contributed by atoms with E-state index in [1.165, 1.54) is 23.6 Å². The Balaban J connectivity index is 1.17. The number of aryl methyl sites for hydroxylation is 1. The van der Waals surface area contributed by atoms with Crippen LogP contribution in [-0.4, -0.2) is 36.1 Å². The van der Waals surface area contributed by atoms with Crippen LogP contribution in [0.2, 0.25) is 0 Å². The maximum absolute atomic E-state index is 13.5. The molecule has 0 spiro atoms. The number of nitrogens with zero attached hydrogens (tertiary/aromatic N) is 2. The first-order chi connectivity index (χ1) is 14.1. The van der Waals surface area contributed by atoms with Gasteiger partial charge in [0.1, 0.15) is 11.6 Å². The number of piperidine rings is 1. The van der Waals surface area contributed by atoms with Crippen LogP contribution >= 0.6 is 27.3 Å². The van der Waals surface area contributed by atoms with Crippen molar-refractivity contribution in [3.8, 4) is 5.75 Å². The first kappa shape index (κ1) is 20.8. The van der Waals surface area contributed by atoms with Gasteiger partial charge in [-0.05, 0) is 87.5 Å². The SMILES string of the molecule is Cc1nc2cc(OCCCN3CCC(Cc4cc(F)ccc4Br)CC3)ccc2s1. The molecule has 0 saturated carbocycles. The van der Waals surface area contributed by atoms with Gasteiger partial charge in [0.15, 0.2) is 0 Å². The molecule has 6 heteroatoms. The number of rotatable bonds is 7. The molecule has 1 saturated heterocycles. The maximum Gasteiger partial charge on any atom is 0.123 e. The summed E-state index contributed by atoms with van der Waals surface area (Å²) in [5.41, 5.74) is 2.11. The highest BCUT2D eigenvalue weighted by Crippen LogP contribution is 2.27. The van der Waals surface area contributed by atoms with Crippen molar-refractivity contribution < 1.29 is 9.13 Å². The van der Waals surface area contributed by atoms with Gasteiger partial charge in [0.05, 0.1) is 21.8 Å². The molecule has 0 bridgehead atoms. The Labute approximate surface area is 184 Å². The Morgan fingerprint density at radius 1 is 1.21 bits per heavy atom. The summed E-state index contributed by atoms with van der Waals surface area (Å²) in [6, 6.07) is 11.2. The second kappa shape index (κ2) is 9.54. The molecule has 0 atom stereocenters. The van der Waals surface area contributed by atoms with E-state index in [1.807, 2.05) is 25.1 Å². The van der Waals surface area contributed by atoms with Crippen molar-refractivity contribution in [3.05, 3.63) is 57.3 Å². The summed E-state index contributed by atoms with van der Waals surface area (Å²) in [7, 11) is 0. The number of hydrogen-bond acceptors (Lipinski definition) is 4. The van der Waals surface area contributed by atoms with Gasteiger partial charge < -0.3 is 9.64 Å². The minimum Gasteiger partial charge on any atom is -0.493 e. The van der Waals surface area contributed by atoms with Gasteiger partial charge in [0.25, 0.3) is 0 Å². The topological polar surface area (TPSA) is 25.4 Å². The normalized spacial score (nSPS) is 15.8. The van der Waals surface area contributed by atoms with Crippen LogP contribution in [0.25, 0.3) is 10.2 Å². The Morgan fingerprint density at radius 2 is 2.03 bits per heavy atom. The first-order valence-electron chi connectivity index (χ1n) is 10.2. The standard InChI is InChI=1S/C23H26BrFN2OS/c1-16-26-22-15-20(4-6-23(22)29-16)28-12-2-9-27-10-7-17(8-11-27)13-18-14-19(25)3-5-21(18)24/h3-6,14-15,17H,2,7-13H2,1H3. The molecule has 1 aliphatic heterocycles. The smallest absolute Gasteiger partial charge is 0.123 e. The third-order valence-electron chi connectivity index (χ3n) is 5.58. The van der Waals surface area contributed by atoms with E-state index in [4.69, 9.17) is 4.74 Å². The van der Waals surface area contributed by atoms with Crippen molar-refractivity contribution in [2.24, 2.45) is 5.92 Å². The molecule has 3 aromatic rings. The lowest BCUT2D eigenvalue weighted by molar-refractivity contribution is 0.170. The quantitative estimate of drug-likeness (QED) is 0.377. The molecule has 154 valence electrons. The number of halogens is 2. The van der Waals surface area contributed by atoms with Crippen molar-refractivity contribution in [3.63, 3.8) is 0 Å². The molecule has 1 aliphatic rings. The van der Waals surface area contributed by atoms with Crippen LogP contribution in [0.1, 0.15) is 29.8 Å². The minimum atomic E-state index is -0.148. The molecule has 0 radical (unpaired) electrons. The number of likely N-dealkylation sites (tertiary alicyclic amines) is 1. The van der Waals surface area contributed by atoms with Gasteiger partial charge in [-0.25, -0.2) is 9.37 Å². The second-order valence-corrected chi connectivity index (χ2v) is 9.88. The third kappa shape index (κ3) is 5.56. The van der Waals surface area contributed by atoms with E-state index in [1.54, 1.807) is 17.4 Å². The molecule has 0 aliphatic carbocycles. The molecule has 0 unspecified atom stereocenters. The van der Waals surface area contributed by atoms with Crippen LogP contribution in [0.5, 0.6) is 5.75 Å². The van der Waals surface area contributed by atoms with Gasteiger partial charge >= 0.3 is 0 Å². The van der Waals surface area contributed by atoms with E-state index in [2.05, 4.69) is 31.9 Å². The van der Waals surface area contributed by atoms with Crippen LogP contribution < -0.4 is 4.74 Å². The molecular weight excluding hydrogens is 451 g/mol. The number of ether oxygens (including phenoxy) is 1. The van der Waals surface area contributed by atoms with Crippen LogP contribution in [0, 0.1) is 18.7 Å². The van der Waals surface area contributed by atoms with E-state index in [9.17, 15) is 4.39 Å². The van der Waals surface area contributed by atoms with Crippen molar-refractivity contribution in [2.75, 3.05) is 26.2 Å². The van der Waals surface area contributed by atoms with Crippen LogP contribution in [0.4, 0.5) is 4.39 Å². The van der Waals surface area contributed by atoms with Crippen molar-refractivity contribution >= 4 is 37.5 Å². The fourth-order valence-electron chi connectivity index (χ4n) is 4.02. The van der Waals surface area contributed by atoms with Gasteiger partial charge in [-0.3, -0.25) is 0 Å². The average Bonchev–Trinajstić information content (AvgIpc) is 3.08. The predicted molar refractivity (Wildman–Crippen MR) is 121 cm³/mol. The van der Waals surface area contributed by atoms with Gasteiger partial charge in [0.2, 0.25) is 0 Å². The number of hydrogen-bond donors (Lipinski definition) is 0. The zero-order chi connectivity index (χ0) is 20.2. The molecule has 1 fully saturated rings. The largest absolute Gasteiger partial charge is 0.493 e. The van der Waals surface area contributed by atoms with E-state index in [0.29, 0.717) is 5.92 Å². The predicted octanol–water partition coefficient (Wildman–Crippen LogP) is 6.23. The molecule has 29 heavy (non-hydrogen) atoms. The molecule has 0 amide bonds. The number of benzene rings is 2. The fraction of sp³-hybridized carbons (Fsp3) is 0.435. The highest BCUT2D eigenvalue weighted by Gasteiger charge is 2.20. The zero-order valence-corrected chi connectivity index (χ0v) is 19.1. The van der Waals surface area contributed by atoms with Gasteiger partial charge in [0, 0.05) is 17.1 Å². The summed E-state index contributed by atoms with van der Waals surface area (Å²) in [5, 5.41) is 1.09. The molecule has 2 aromatic carbocycles. The lowest BCUT2D eigenvalue weighted by atomic mass is 9.90. The highest BCUT2D eigenvalue weighted by atomic mass is 79.9. The Hall–Kier alpha value is -1.50. The lowest BCUT2D eigenvalue weighted by Crippen LogP contribution is -2.35. The number of thiazole rings is 1. The highest BCUT2D eigenvalue weighted by molar-refractivity contribution is 9.10. The molecule has 2 heterocycles. The van der Waals surface area contributed by atoms with Crippen LogP contribution in [0.15, 0.2) is 40.9 Å². The van der Waals surface area contributed by atoms with Crippen LogP contribution in [0.3, 0.4) is 0 Å². The third-order valence-corrected chi connectivity index (χ3v) is 7.30. The number of fused-ring (bicyclic) bond motifs is 1. The Morgan fingerprint density at radius 3 is 2.86 bits per heavy atom. The minimum absolute atomic E-state index is 0.148. The lowest BCUT2D eigenvalue weighted by Gasteiger charge is -2.32. The van der Waals surface area contributed by atoms with Gasteiger partial charge in [-0.1, -0.05) is 15.9 Å². The number of aromatic nitrogens is 1. The summed E-state index contributed by atoms with van der Waals surface area (Å²) in [6.07, 6.45) is 4.31. The first-order valence-corrected chi connectivity index (χ1v) is 11.8. The zero-order valence-electron chi connectivity index (χ0n) is 16.7. The van der Waals surface area contributed by atoms with E-state index >= 15 is 0 Å². The van der Waals surface area contributed by atoms with E-state index in [-0.39, 0.29) is 5.82 Å². The Bertz CT molecular complexity index is 969. The summed E-state index contributed by atoms with van der Waals surface area (Å²) in [4.78, 5) is 7.05. The van der Waals surface area contributed by atoms with Gasteiger partial charge in [-0.15, -0.1) is 11.3 Å². The Kier molecular flexibility index (Phi) is 6.83. The molecular formula is C23H26BrFN2OS. The summed E-state index contributed by atoms with van der Waals surface area (Å²) in [6.45, 7) is 6.05. The van der Waals surface area contributed by atoms with E-state index in [0.717, 1.165) is 65.4 Å². The van der Waals surface area contributed by atoms with Crippen molar-refractivity contribution in [2.45, 2.75) is 32.6 Å². The summed E-state index contributed by atoms with van der Waals surface area (Å²) >= 11 is 5.27. The van der Waals surface area contributed by atoms with Crippen molar-refractivity contribution in [1.29, 1.82) is 0 Å². The second-order valence-electron chi connectivity index (χ2n) is 7.79. The fourth-order valence-corrected chi connectivity index (χ4v) is 5.23. The molecule has 3 nitrogen and oxygen atoms in total. The average molecular weight is 477 g/mol. The molecule has 1 aromatic heterocycles. The summed E-state index contributed by atoms with van der Waals surface area (Å²) < 4.78 is 21.7. The van der Waals surface area contributed by atoms with Gasteiger partial charge in [-0.2, -0.15) is 0 Å². The monoisotopic (exact) mass is 476 g/mol.